The summed E-state index contributed by atoms with van der Waals surface area (Å²) in [6.07, 6.45) is 1.28. The fourth-order valence-electron chi connectivity index (χ4n) is 3.19. The van der Waals surface area contributed by atoms with Gasteiger partial charge in [0.25, 0.3) is 0 Å². The Labute approximate surface area is 114 Å². The van der Waals surface area contributed by atoms with Gasteiger partial charge in [-0.15, -0.1) is 0 Å². The Hall–Kier alpha value is -0.300. The van der Waals surface area contributed by atoms with Crippen LogP contribution in [-0.4, -0.2) is 0 Å². The van der Waals surface area contributed by atoms with Crippen LogP contribution in [0.2, 0.25) is 0 Å². The zero-order chi connectivity index (χ0) is 12.8. The van der Waals surface area contributed by atoms with Gasteiger partial charge in [0.2, 0.25) is 0 Å². The molecule has 1 aromatic carbocycles. The van der Waals surface area contributed by atoms with Crippen LogP contribution in [-0.2, 0) is 16.2 Å². The molecule has 0 bridgehead atoms. The molecule has 1 unspecified atom stereocenters. The summed E-state index contributed by atoms with van der Waals surface area (Å²) >= 11 is 3.57. The predicted octanol–water partition coefficient (Wildman–Crippen LogP) is 5.18. The number of alkyl halides is 1. The summed E-state index contributed by atoms with van der Waals surface area (Å²) in [6.45, 7) is 11.9. The van der Waals surface area contributed by atoms with E-state index in [4.69, 9.17) is 0 Å². The first-order valence-corrected chi connectivity index (χ1v) is 7.61. The minimum absolute atomic E-state index is 0.295. The minimum Gasteiger partial charge on any atom is -0.0876 e. The van der Waals surface area contributed by atoms with E-state index < -0.39 is 0 Å². The summed E-state index contributed by atoms with van der Waals surface area (Å²) in [5.74, 6) is 0.732. The molecule has 1 heteroatoms. The Morgan fingerprint density at radius 3 is 2.41 bits per heavy atom. The summed E-state index contributed by atoms with van der Waals surface area (Å²) in [7, 11) is 0. The van der Waals surface area contributed by atoms with Crippen LogP contribution in [0.1, 0.15) is 57.7 Å². The quantitative estimate of drug-likeness (QED) is 0.626. The van der Waals surface area contributed by atoms with E-state index >= 15 is 0 Å². The second-order valence-electron chi connectivity index (χ2n) is 6.72. The van der Waals surface area contributed by atoms with Crippen LogP contribution < -0.4 is 0 Å². The molecule has 94 valence electrons. The molecule has 0 amide bonds. The van der Waals surface area contributed by atoms with Gasteiger partial charge >= 0.3 is 0 Å². The van der Waals surface area contributed by atoms with Gasteiger partial charge in [0.05, 0.1) is 0 Å². The molecule has 0 aromatic heterocycles. The second-order valence-corrected chi connectivity index (χ2v) is 7.29. The van der Waals surface area contributed by atoms with Crippen molar-refractivity contribution in [3.63, 3.8) is 0 Å². The van der Waals surface area contributed by atoms with Crippen molar-refractivity contribution in [1.29, 1.82) is 0 Å². The minimum atomic E-state index is 0.295. The number of benzene rings is 1. The van der Waals surface area contributed by atoms with Crippen LogP contribution in [0.5, 0.6) is 0 Å². The SMILES string of the molecule is CC1CC(C)(C)c2ccc(CBr)cc2C1(C)C. The molecule has 0 spiro atoms. The first-order chi connectivity index (χ1) is 7.79. The molecule has 17 heavy (non-hydrogen) atoms. The second kappa shape index (κ2) is 4.12. The Kier molecular flexibility index (Phi) is 3.18. The van der Waals surface area contributed by atoms with E-state index in [1.165, 1.54) is 12.0 Å². The Morgan fingerprint density at radius 2 is 1.82 bits per heavy atom. The van der Waals surface area contributed by atoms with E-state index in [0.29, 0.717) is 10.8 Å². The zero-order valence-electron chi connectivity index (χ0n) is 11.6. The van der Waals surface area contributed by atoms with Gasteiger partial charge in [-0.3, -0.25) is 0 Å². The van der Waals surface area contributed by atoms with Crippen molar-refractivity contribution in [2.45, 2.75) is 57.2 Å². The average molecular weight is 295 g/mol. The van der Waals surface area contributed by atoms with E-state index in [9.17, 15) is 0 Å². The van der Waals surface area contributed by atoms with E-state index in [1.54, 1.807) is 11.1 Å². The van der Waals surface area contributed by atoms with Crippen molar-refractivity contribution in [2.75, 3.05) is 0 Å². The molecule has 0 saturated carbocycles. The molecule has 1 aliphatic rings. The highest BCUT2D eigenvalue weighted by atomic mass is 79.9. The summed E-state index contributed by atoms with van der Waals surface area (Å²) in [6, 6.07) is 7.02. The zero-order valence-corrected chi connectivity index (χ0v) is 13.2. The Morgan fingerprint density at radius 1 is 1.18 bits per heavy atom. The first-order valence-electron chi connectivity index (χ1n) is 6.49. The Balaban J connectivity index is 2.64. The highest BCUT2D eigenvalue weighted by molar-refractivity contribution is 9.08. The molecule has 0 nitrogen and oxygen atoms in total. The van der Waals surface area contributed by atoms with Gasteiger partial charge in [-0.05, 0) is 39.9 Å². The molecule has 1 aliphatic carbocycles. The van der Waals surface area contributed by atoms with Gasteiger partial charge in [-0.2, -0.15) is 0 Å². The molecule has 0 saturated heterocycles. The lowest BCUT2D eigenvalue weighted by atomic mass is 9.58. The van der Waals surface area contributed by atoms with Crippen molar-refractivity contribution in [3.8, 4) is 0 Å². The van der Waals surface area contributed by atoms with Crippen LogP contribution in [0.25, 0.3) is 0 Å². The number of hydrogen-bond donors (Lipinski definition) is 0. The smallest absolute Gasteiger partial charge is 0.0283 e. The number of hydrogen-bond acceptors (Lipinski definition) is 0. The monoisotopic (exact) mass is 294 g/mol. The van der Waals surface area contributed by atoms with Gasteiger partial charge in [0.15, 0.2) is 0 Å². The lowest BCUT2D eigenvalue weighted by Crippen LogP contribution is -2.40. The van der Waals surface area contributed by atoms with Gasteiger partial charge in [0, 0.05) is 5.33 Å². The van der Waals surface area contributed by atoms with Gasteiger partial charge in [-0.1, -0.05) is 68.7 Å². The molecule has 0 radical (unpaired) electrons. The van der Waals surface area contributed by atoms with Crippen LogP contribution >= 0.6 is 15.9 Å². The van der Waals surface area contributed by atoms with Crippen LogP contribution in [0.3, 0.4) is 0 Å². The van der Waals surface area contributed by atoms with Crippen molar-refractivity contribution in [1.82, 2.24) is 0 Å². The summed E-state index contributed by atoms with van der Waals surface area (Å²) in [5.41, 5.74) is 5.10. The first kappa shape index (κ1) is 13.1. The van der Waals surface area contributed by atoms with E-state index in [2.05, 4.69) is 68.7 Å². The highest BCUT2D eigenvalue weighted by Gasteiger charge is 2.41. The molecule has 0 aliphatic heterocycles. The number of fused-ring (bicyclic) bond motifs is 1. The average Bonchev–Trinajstić information content (AvgIpc) is 2.26. The predicted molar refractivity (Wildman–Crippen MR) is 78.9 cm³/mol. The van der Waals surface area contributed by atoms with Crippen LogP contribution in [0.15, 0.2) is 18.2 Å². The largest absolute Gasteiger partial charge is 0.0876 e. The third-order valence-electron chi connectivity index (χ3n) is 4.71. The molecule has 1 aromatic rings. The molecule has 2 rings (SSSR count). The van der Waals surface area contributed by atoms with E-state index in [-0.39, 0.29) is 0 Å². The molecular formula is C16H23Br. The van der Waals surface area contributed by atoms with Gasteiger partial charge in [0.1, 0.15) is 0 Å². The summed E-state index contributed by atoms with van der Waals surface area (Å²) in [5, 5.41) is 0.950. The van der Waals surface area contributed by atoms with Crippen molar-refractivity contribution in [3.05, 3.63) is 34.9 Å². The maximum Gasteiger partial charge on any atom is 0.0283 e. The normalized spacial score (nSPS) is 25.4. The topological polar surface area (TPSA) is 0 Å². The van der Waals surface area contributed by atoms with Gasteiger partial charge < -0.3 is 0 Å². The maximum absolute atomic E-state index is 3.57. The molecule has 0 heterocycles. The summed E-state index contributed by atoms with van der Waals surface area (Å²) < 4.78 is 0. The Bertz CT molecular complexity index is 429. The van der Waals surface area contributed by atoms with Crippen LogP contribution in [0, 0.1) is 5.92 Å². The molecule has 0 N–H and O–H groups in total. The number of halogens is 1. The standard InChI is InChI=1S/C16H23Br/c1-11-9-15(2,3)13-7-6-12(10-17)8-14(13)16(11,4)5/h6-8,11H,9-10H2,1-5H3. The fraction of sp³-hybridized carbons (Fsp3) is 0.625. The lowest BCUT2D eigenvalue weighted by Gasteiger charge is -2.46. The van der Waals surface area contributed by atoms with E-state index in [1.807, 2.05) is 0 Å². The van der Waals surface area contributed by atoms with E-state index in [0.717, 1.165) is 11.2 Å². The third kappa shape index (κ3) is 2.07. The summed E-state index contributed by atoms with van der Waals surface area (Å²) in [4.78, 5) is 0. The van der Waals surface area contributed by atoms with Crippen LogP contribution in [0.4, 0.5) is 0 Å². The van der Waals surface area contributed by atoms with Crippen molar-refractivity contribution >= 4 is 15.9 Å². The fourth-order valence-corrected chi connectivity index (χ4v) is 3.54. The third-order valence-corrected chi connectivity index (χ3v) is 5.36. The van der Waals surface area contributed by atoms with Crippen molar-refractivity contribution in [2.24, 2.45) is 5.92 Å². The number of rotatable bonds is 1. The molecular weight excluding hydrogens is 272 g/mol. The molecule has 1 atom stereocenters. The lowest BCUT2D eigenvalue weighted by molar-refractivity contribution is 0.233. The molecule has 0 fully saturated rings. The highest BCUT2D eigenvalue weighted by Crippen LogP contribution is 2.49. The maximum atomic E-state index is 3.57. The van der Waals surface area contributed by atoms with Gasteiger partial charge in [-0.25, -0.2) is 0 Å². The van der Waals surface area contributed by atoms with Crippen molar-refractivity contribution < 1.29 is 0 Å².